The standard InChI is InChI=1S/C21H23N3O4/c1-12(19(25)23-14-6-8-17-18(10-14)27-11-26-17)22-13-5-7-16-15(9-13)24-20(28-16)21(2,3)4/h5-10,12,22H,11H2,1-4H3,(H,23,25)/t12-/m1/s1. The van der Waals surface area contributed by atoms with E-state index in [9.17, 15) is 4.79 Å². The van der Waals surface area contributed by atoms with Gasteiger partial charge in [-0.3, -0.25) is 4.79 Å². The monoisotopic (exact) mass is 381 g/mol. The number of oxazole rings is 1. The molecule has 0 aliphatic carbocycles. The Morgan fingerprint density at radius 1 is 1.07 bits per heavy atom. The summed E-state index contributed by atoms with van der Waals surface area (Å²) in [4.78, 5) is 17.1. The molecule has 0 saturated heterocycles. The van der Waals surface area contributed by atoms with Crippen LogP contribution in [0.1, 0.15) is 33.6 Å². The lowest BCUT2D eigenvalue weighted by atomic mass is 9.97. The maximum Gasteiger partial charge on any atom is 0.246 e. The van der Waals surface area contributed by atoms with Crippen LogP contribution in [0.2, 0.25) is 0 Å². The van der Waals surface area contributed by atoms with Crippen LogP contribution in [-0.2, 0) is 10.2 Å². The maximum atomic E-state index is 12.5. The number of nitrogens with zero attached hydrogens (tertiary/aromatic N) is 1. The molecule has 28 heavy (non-hydrogen) atoms. The van der Waals surface area contributed by atoms with E-state index in [2.05, 4.69) is 36.4 Å². The van der Waals surface area contributed by atoms with Crippen molar-refractivity contribution in [3.63, 3.8) is 0 Å². The van der Waals surface area contributed by atoms with Crippen molar-refractivity contribution in [3.8, 4) is 11.5 Å². The van der Waals surface area contributed by atoms with Gasteiger partial charge in [0, 0.05) is 22.9 Å². The van der Waals surface area contributed by atoms with Crippen LogP contribution in [0.5, 0.6) is 11.5 Å². The van der Waals surface area contributed by atoms with E-state index in [1.165, 1.54) is 0 Å². The zero-order chi connectivity index (χ0) is 19.9. The highest BCUT2D eigenvalue weighted by Crippen LogP contribution is 2.34. The fourth-order valence-corrected chi connectivity index (χ4v) is 2.88. The molecule has 7 heteroatoms. The molecule has 0 saturated carbocycles. The molecule has 7 nitrogen and oxygen atoms in total. The highest BCUT2D eigenvalue weighted by molar-refractivity contribution is 5.96. The third kappa shape index (κ3) is 3.60. The van der Waals surface area contributed by atoms with Crippen LogP contribution in [0.15, 0.2) is 40.8 Å². The molecule has 1 aliphatic rings. The fourth-order valence-electron chi connectivity index (χ4n) is 2.88. The van der Waals surface area contributed by atoms with Gasteiger partial charge >= 0.3 is 0 Å². The summed E-state index contributed by atoms with van der Waals surface area (Å²) in [6.07, 6.45) is 0. The average Bonchev–Trinajstić information content (AvgIpc) is 3.27. The molecule has 2 heterocycles. The average molecular weight is 381 g/mol. The largest absolute Gasteiger partial charge is 0.454 e. The topological polar surface area (TPSA) is 85.6 Å². The second-order valence-electron chi connectivity index (χ2n) is 7.87. The molecule has 1 aliphatic heterocycles. The number of benzene rings is 2. The number of hydrogen-bond donors (Lipinski definition) is 2. The molecule has 146 valence electrons. The number of rotatable bonds is 4. The predicted molar refractivity (Wildman–Crippen MR) is 107 cm³/mol. The number of anilines is 2. The Hall–Kier alpha value is -3.22. The third-order valence-corrected chi connectivity index (χ3v) is 4.45. The number of hydrogen-bond acceptors (Lipinski definition) is 6. The molecule has 1 amide bonds. The minimum atomic E-state index is -0.447. The number of ether oxygens (including phenoxy) is 2. The zero-order valence-electron chi connectivity index (χ0n) is 16.3. The number of amides is 1. The van der Waals surface area contributed by atoms with Gasteiger partial charge in [-0.15, -0.1) is 0 Å². The van der Waals surface area contributed by atoms with Crippen molar-refractivity contribution in [2.45, 2.75) is 39.2 Å². The van der Waals surface area contributed by atoms with Gasteiger partial charge in [0.2, 0.25) is 18.6 Å². The Morgan fingerprint density at radius 2 is 1.82 bits per heavy atom. The zero-order valence-corrected chi connectivity index (χ0v) is 16.3. The smallest absolute Gasteiger partial charge is 0.246 e. The van der Waals surface area contributed by atoms with E-state index in [1.54, 1.807) is 25.1 Å². The molecule has 3 aromatic rings. The van der Waals surface area contributed by atoms with E-state index in [-0.39, 0.29) is 18.1 Å². The predicted octanol–water partition coefficient (Wildman–Crippen LogP) is 4.29. The Labute approximate surface area is 163 Å². The molecule has 0 radical (unpaired) electrons. The van der Waals surface area contributed by atoms with Crippen LogP contribution in [0.25, 0.3) is 11.1 Å². The molecular weight excluding hydrogens is 358 g/mol. The van der Waals surface area contributed by atoms with Crippen LogP contribution in [0.3, 0.4) is 0 Å². The first-order chi connectivity index (χ1) is 13.3. The van der Waals surface area contributed by atoms with E-state index in [0.29, 0.717) is 23.1 Å². The molecule has 2 N–H and O–H groups in total. The second kappa shape index (κ2) is 6.74. The van der Waals surface area contributed by atoms with E-state index >= 15 is 0 Å². The summed E-state index contributed by atoms with van der Waals surface area (Å²) in [7, 11) is 0. The highest BCUT2D eigenvalue weighted by Gasteiger charge is 2.21. The quantitative estimate of drug-likeness (QED) is 0.701. The number of nitrogens with one attached hydrogen (secondary N) is 2. The van der Waals surface area contributed by atoms with Gasteiger partial charge < -0.3 is 24.5 Å². The van der Waals surface area contributed by atoms with Crippen LogP contribution in [-0.4, -0.2) is 23.7 Å². The van der Waals surface area contributed by atoms with Crippen LogP contribution in [0.4, 0.5) is 11.4 Å². The van der Waals surface area contributed by atoms with Gasteiger partial charge in [-0.25, -0.2) is 4.98 Å². The first-order valence-electron chi connectivity index (χ1n) is 9.18. The molecule has 0 bridgehead atoms. The van der Waals surface area contributed by atoms with Crippen molar-refractivity contribution in [1.82, 2.24) is 4.98 Å². The fraction of sp³-hybridized carbons (Fsp3) is 0.333. The molecule has 4 rings (SSSR count). The van der Waals surface area contributed by atoms with Gasteiger partial charge in [-0.05, 0) is 37.3 Å². The van der Waals surface area contributed by atoms with Crippen molar-refractivity contribution < 1.29 is 18.7 Å². The van der Waals surface area contributed by atoms with Crippen LogP contribution >= 0.6 is 0 Å². The van der Waals surface area contributed by atoms with Gasteiger partial charge in [0.1, 0.15) is 11.6 Å². The Kier molecular flexibility index (Phi) is 4.37. The van der Waals surface area contributed by atoms with Crippen molar-refractivity contribution in [1.29, 1.82) is 0 Å². The first-order valence-corrected chi connectivity index (χ1v) is 9.18. The summed E-state index contributed by atoms with van der Waals surface area (Å²) >= 11 is 0. The second-order valence-corrected chi connectivity index (χ2v) is 7.87. The van der Waals surface area contributed by atoms with Crippen molar-refractivity contribution in [2.75, 3.05) is 17.4 Å². The van der Waals surface area contributed by atoms with Gasteiger partial charge in [0.05, 0.1) is 0 Å². The highest BCUT2D eigenvalue weighted by atomic mass is 16.7. The van der Waals surface area contributed by atoms with Crippen molar-refractivity contribution >= 4 is 28.4 Å². The van der Waals surface area contributed by atoms with E-state index in [0.717, 1.165) is 16.8 Å². The Morgan fingerprint density at radius 3 is 2.61 bits per heavy atom. The molecular formula is C21H23N3O4. The maximum absolute atomic E-state index is 12.5. The van der Waals surface area contributed by atoms with E-state index in [4.69, 9.17) is 13.9 Å². The molecule has 0 unspecified atom stereocenters. The van der Waals surface area contributed by atoms with Crippen molar-refractivity contribution in [2.24, 2.45) is 0 Å². The lowest BCUT2D eigenvalue weighted by molar-refractivity contribution is -0.116. The molecule has 0 spiro atoms. The van der Waals surface area contributed by atoms with Crippen molar-refractivity contribution in [3.05, 3.63) is 42.3 Å². The lowest BCUT2D eigenvalue weighted by Crippen LogP contribution is -2.31. The van der Waals surface area contributed by atoms with Crippen LogP contribution in [0, 0.1) is 0 Å². The molecule has 1 aromatic heterocycles. The normalized spacial score (nSPS) is 14.1. The minimum Gasteiger partial charge on any atom is -0.454 e. The number of carbonyl (C=O) groups is 1. The van der Waals surface area contributed by atoms with Gasteiger partial charge in [0.15, 0.2) is 17.1 Å². The first kappa shape index (κ1) is 18.2. The Bertz CT molecular complexity index is 1040. The van der Waals surface area contributed by atoms with Gasteiger partial charge in [0.25, 0.3) is 0 Å². The Balaban J connectivity index is 1.45. The van der Waals surface area contributed by atoms with Gasteiger partial charge in [-0.2, -0.15) is 0 Å². The number of aromatic nitrogens is 1. The van der Waals surface area contributed by atoms with Crippen LogP contribution < -0.4 is 20.1 Å². The van der Waals surface area contributed by atoms with E-state index in [1.807, 2.05) is 18.2 Å². The summed E-state index contributed by atoms with van der Waals surface area (Å²) < 4.78 is 16.4. The summed E-state index contributed by atoms with van der Waals surface area (Å²) in [5, 5.41) is 6.09. The number of fused-ring (bicyclic) bond motifs is 2. The SMILES string of the molecule is C[C@@H](Nc1ccc2oc(C(C)(C)C)nc2c1)C(=O)Nc1ccc2c(c1)OCO2. The molecule has 2 aromatic carbocycles. The molecule has 1 atom stereocenters. The summed E-state index contributed by atoms with van der Waals surface area (Å²) in [6, 6.07) is 10.5. The summed E-state index contributed by atoms with van der Waals surface area (Å²) in [5.41, 5.74) is 2.79. The minimum absolute atomic E-state index is 0.158. The van der Waals surface area contributed by atoms with E-state index < -0.39 is 6.04 Å². The number of carbonyl (C=O) groups excluding carboxylic acids is 1. The summed E-state index contributed by atoms with van der Waals surface area (Å²) in [6.45, 7) is 8.17. The summed E-state index contributed by atoms with van der Waals surface area (Å²) in [5.74, 6) is 1.84. The third-order valence-electron chi connectivity index (χ3n) is 4.45. The molecule has 0 fully saturated rings. The van der Waals surface area contributed by atoms with Gasteiger partial charge in [-0.1, -0.05) is 20.8 Å². The lowest BCUT2D eigenvalue weighted by Gasteiger charge is -2.15.